The van der Waals surface area contributed by atoms with Crippen LogP contribution in [0.25, 0.3) is 4.85 Å². The highest BCUT2D eigenvalue weighted by atomic mass is 19.1. The number of alkyl halides is 1. The number of Topliss-reactive ketones (excluding diaryl/α,β-unsaturated/α-hetero) is 1. The van der Waals surface area contributed by atoms with Crippen LogP contribution < -0.4 is 4.74 Å². The monoisotopic (exact) mass is 568 g/mol. The molecular formula is C34H34F2N4O2. The van der Waals surface area contributed by atoms with E-state index < -0.39 is 18.1 Å². The zero-order valence-electron chi connectivity index (χ0n) is 23.5. The molecule has 0 aliphatic carbocycles. The Hall–Kier alpha value is -4.11. The maximum Gasteiger partial charge on any atom is 0.187 e. The van der Waals surface area contributed by atoms with Gasteiger partial charge in [0.2, 0.25) is 0 Å². The van der Waals surface area contributed by atoms with Crippen LogP contribution in [0.2, 0.25) is 0 Å². The Balaban J connectivity index is 1.08. The average molecular weight is 569 g/mol. The van der Waals surface area contributed by atoms with Gasteiger partial charge in [0.15, 0.2) is 11.5 Å². The molecule has 2 atom stereocenters. The summed E-state index contributed by atoms with van der Waals surface area (Å²) in [7, 11) is 0. The van der Waals surface area contributed by atoms with Crippen molar-refractivity contribution in [2.24, 2.45) is 5.92 Å². The Labute approximate surface area is 245 Å². The van der Waals surface area contributed by atoms with Crippen LogP contribution in [0.4, 0.5) is 14.5 Å². The van der Waals surface area contributed by atoms with Crippen molar-refractivity contribution in [1.29, 1.82) is 5.26 Å². The Morgan fingerprint density at radius 2 is 1.69 bits per heavy atom. The van der Waals surface area contributed by atoms with Crippen molar-refractivity contribution < 1.29 is 18.3 Å². The number of likely N-dealkylation sites (tertiary alicyclic amines) is 2. The summed E-state index contributed by atoms with van der Waals surface area (Å²) in [5, 5.41) is 8.91. The van der Waals surface area contributed by atoms with E-state index in [4.69, 9.17) is 16.6 Å². The third-order valence-electron chi connectivity index (χ3n) is 8.22. The van der Waals surface area contributed by atoms with E-state index in [0.717, 1.165) is 32.5 Å². The Morgan fingerprint density at radius 3 is 2.38 bits per heavy atom. The summed E-state index contributed by atoms with van der Waals surface area (Å²) >= 11 is 0. The average Bonchev–Trinajstić information content (AvgIpc) is 3.00. The van der Waals surface area contributed by atoms with Crippen molar-refractivity contribution in [3.63, 3.8) is 0 Å². The van der Waals surface area contributed by atoms with Gasteiger partial charge in [-0.05, 0) is 73.7 Å². The highest BCUT2D eigenvalue weighted by Crippen LogP contribution is 2.27. The molecule has 216 valence electrons. The zero-order valence-corrected chi connectivity index (χ0v) is 23.5. The predicted molar refractivity (Wildman–Crippen MR) is 156 cm³/mol. The van der Waals surface area contributed by atoms with Gasteiger partial charge in [-0.25, -0.2) is 13.6 Å². The minimum atomic E-state index is -1.22. The molecule has 2 saturated heterocycles. The second kappa shape index (κ2) is 13.7. The smallest absolute Gasteiger partial charge is 0.187 e. The highest BCUT2D eigenvalue weighted by Gasteiger charge is 2.31. The van der Waals surface area contributed by atoms with Gasteiger partial charge in [0, 0.05) is 38.2 Å². The number of piperidine rings is 2. The molecule has 0 N–H and O–H groups in total. The minimum absolute atomic E-state index is 0.00263. The molecule has 5 rings (SSSR count). The zero-order chi connectivity index (χ0) is 29.5. The third-order valence-corrected chi connectivity index (χ3v) is 8.22. The molecule has 0 unspecified atom stereocenters. The molecule has 3 aromatic carbocycles. The molecule has 0 amide bonds. The quantitative estimate of drug-likeness (QED) is 0.212. The Bertz CT molecular complexity index is 1470. The fourth-order valence-corrected chi connectivity index (χ4v) is 5.81. The first-order valence-corrected chi connectivity index (χ1v) is 14.4. The number of rotatable bonds is 9. The first-order chi connectivity index (χ1) is 20.4. The van der Waals surface area contributed by atoms with Crippen LogP contribution in [-0.2, 0) is 13.1 Å². The van der Waals surface area contributed by atoms with Crippen molar-refractivity contribution in [3.05, 3.63) is 106 Å². The second-order valence-corrected chi connectivity index (χ2v) is 11.3. The molecule has 2 fully saturated rings. The van der Waals surface area contributed by atoms with Gasteiger partial charge in [0.05, 0.1) is 12.1 Å². The van der Waals surface area contributed by atoms with Crippen LogP contribution in [0.15, 0.2) is 66.7 Å². The van der Waals surface area contributed by atoms with Gasteiger partial charge in [-0.3, -0.25) is 14.6 Å². The molecule has 0 radical (unpaired) electrons. The first kappa shape index (κ1) is 29.4. The molecule has 8 heteroatoms. The summed E-state index contributed by atoms with van der Waals surface area (Å²) in [4.78, 5) is 20.9. The molecule has 0 saturated carbocycles. The lowest BCUT2D eigenvalue weighted by Gasteiger charge is -2.34. The number of ether oxygens (including phenoxy) is 1. The summed E-state index contributed by atoms with van der Waals surface area (Å²) in [6.07, 6.45) is 1.03. The van der Waals surface area contributed by atoms with Gasteiger partial charge in [-0.15, -0.1) is 0 Å². The number of hydrogen-bond donors (Lipinski definition) is 0. The van der Waals surface area contributed by atoms with Gasteiger partial charge in [-0.1, -0.05) is 42.5 Å². The Kier molecular flexibility index (Phi) is 9.59. The van der Waals surface area contributed by atoms with Gasteiger partial charge in [-0.2, -0.15) is 5.26 Å². The molecule has 2 aliphatic rings. The van der Waals surface area contributed by atoms with Crippen LogP contribution in [0.1, 0.15) is 52.7 Å². The summed E-state index contributed by atoms with van der Waals surface area (Å²) in [5.74, 6) is 0.336. The fourth-order valence-electron chi connectivity index (χ4n) is 5.81. The van der Waals surface area contributed by atoms with Gasteiger partial charge < -0.3 is 4.74 Å². The molecule has 0 bridgehead atoms. The summed E-state index contributed by atoms with van der Waals surface area (Å²) in [6, 6.07) is 21.1. The summed E-state index contributed by atoms with van der Waals surface area (Å²) < 4.78 is 35.0. The van der Waals surface area contributed by atoms with E-state index in [9.17, 15) is 9.18 Å². The van der Waals surface area contributed by atoms with E-state index in [-0.39, 0.29) is 17.9 Å². The number of nitrogens with zero attached hydrogens (tertiary/aromatic N) is 4. The second-order valence-electron chi connectivity index (χ2n) is 11.3. The van der Waals surface area contributed by atoms with Crippen LogP contribution in [0.3, 0.4) is 0 Å². The van der Waals surface area contributed by atoms with Gasteiger partial charge >= 0.3 is 0 Å². The number of carbonyl (C=O) groups is 1. The van der Waals surface area contributed by atoms with Crippen LogP contribution in [-0.4, -0.2) is 54.0 Å². The molecular weight excluding hydrogens is 534 g/mol. The molecule has 2 heterocycles. The molecule has 0 spiro atoms. The normalized spacial score (nSPS) is 20.0. The van der Waals surface area contributed by atoms with E-state index in [1.165, 1.54) is 17.7 Å². The van der Waals surface area contributed by atoms with E-state index in [2.05, 4.69) is 9.74 Å². The number of nitriles is 1. The molecule has 42 heavy (non-hydrogen) atoms. The lowest BCUT2D eigenvalue weighted by molar-refractivity contribution is 0.0190. The Morgan fingerprint density at radius 1 is 0.976 bits per heavy atom. The fraction of sp³-hybridized carbons (Fsp3) is 0.382. The number of hydrogen-bond acceptors (Lipinski definition) is 5. The van der Waals surface area contributed by atoms with Crippen LogP contribution in [0, 0.1) is 29.6 Å². The van der Waals surface area contributed by atoms with E-state index in [1.54, 1.807) is 30.3 Å². The summed E-state index contributed by atoms with van der Waals surface area (Å²) in [6.45, 7) is 11.0. The lowest BCUT2D eigenvalue weighted by Crippen LogP contribution is -2.46. The van der Waals surface area contributed by atoms with Crippen molar-refractivity contribution in [1.82, 2.24) is 9.80 Å². The summed E-state index contributed by atoms with van der Waals surface area (Å²) in [5.41, 5.74) is 3.12. The largest absolute Gasteiger partial charge is 0.487 e. The van der Waals surface area contributed by atoms with E-state index >= 15 is 4.39 Å². The van der Waals surface area contributed by atoms with Crippen molar-refractivity contribution in [2.75, 3.05) is 26.2 Å². The first-order valence-electron chi connectivity index (χ1n) is 14.4. The van der Waals surface area contributed by atoms with Crippen molar-refractivity contribution >= 4 is 11.5 Å². The highest BCUT2D eigenvalue weighted by molar-refractivity contribution is 5.96. The van der Waals surface area contributed by atoms with Gasteiger partial charge in [0.1, 0.15) is 29.9 Å². The number of benzene rings is 3. The number of ketones is 1. The SMILES string of the molecule is [C-]#[N+]c1ccc(CN2CCC(CC(=O)c3cccc(O[C@@H]4CCN(Cc5ccc(C#N)c(F)c5)C[C@H]4F)c3)CC2)cc1. The third kappa shape index (κ3) is 7.59. The van der Waals surface area contributed by atoms with Gasteiger partial charge in [0.25, 0.3) is 0 Å². The molecule has 2 aliphatic heterocycles. The standard InChI is InChI=1S/C34H34F2N4O2/c1-38-29-9-6-25(7-10-29)21-39-14-11-24(12-15-39)18-33(41)27-3-2-4-30(19-27)42-34-13-16-40(23-32(34)36)22-26-5-8-28(20-37)31(35)17-26/h2-10,17,19,24,32,34H,11-16,18,21-23H2/t32-,34-/m1/s1. The number of halogens is 2. The maximum absolute atomic E-state index is 15.1. The number of carbonyl (C=O) groups excluding carboxylic acids is 1. The molecule has 6 nitrogen and oxygen atoms in total. The van der Waals surface area contributed by atoms with Crippen molar-refractivity contribution in [3.8, 4) is 11.8 Å². The van der Waals surface area contributed by atoms with Crippen LogP contribution >= 0.6 is 0 Å². The van der Waals surface area contributed by atoms with E-state index in [0.29, 0.717) is 54.4 Å². The minimum Gasteiger partial charge on any atom is -0.487 e. The van der Waals surface area contributed by atoms with Crippen LogP contribution in [0.5, 0.6) is 5.75 Å². The topological polar surface area (TPSA) is 60.9 Å². The molecule has 0 aromatic heterocycles. The maximum atomic E-state index is 15.1. The van der Waals surface area contributed by atoms with Crippen molar-refractivity contribution in [2.45, 2.75) is 51.0 Å². The lowest BCUT2D eigenvalue weighted by atomic mass is 9.89. The predicted octanol–water partition coefficient (Wildman–Crippen LogP) is 6.72. The molecule has 3 aromatic rings. The van der Waals surface area contributed by atoms with E-state index in [1.807, 2.05) is 35.2 Å².